The van der Waals surface area contributed by atoms with Crippen molar-refractivity contribution in [2.75, 3.05) is 0 Å². The average Bonchev–Trinajstić information content (AvgIpc) is 2.48. The average molecular weight is 254 g/mol. The highest BCUT2D eigenvalue weighted by Crippen LogP contribution is 2.45. The summed E-state index contributed by atoms with van der Waals surface area (Å²) in [5.41, 5.74) is 2.36. The standard InChI is InChI=1S/C17H22N2/c1-5-17(4,14-9-8-11-18-13-14)16(2,3)15-10-6-7-12-19-15/h6-13H,5H2,1-4H3. The smallest absolute Gasteiger partial charge is 0.0468 e. The van der Waals surface area contributed by atoms with Gasteiger partial charge in [0.2, 0.25) is 0 Å². The van der Waals surface area contributed by atoms with E-state index in [0.29, 0.717) is 0 Å². The normalized spacial score (nSPS) is 14.9. The monoisotopic (exact) mass is 254 g/mol. The number of hydrogen-bond acceptors (Lipinski definition) is 2. The van der Waals surface area contributed by atoms with Crippen LogP contribution >= 0.6 is 0 Å². The number of hydrogen-bond donors (Lipinski definition) is 0. The lowest BCUT2D eigenvalue weighted by molar-refractivity contribution is 0.259. The molecule has 0 radical (unpaired) electrons. The molecule has 0 spiro atoms. The second-order valence-electron chi connectivity index (χ2n) is 5.77. The molecule has 100 valence electrons. The highest BCUT2D eigenvalue weighted by molar-refractivity contribution is 5.32. The molecule has 1 atom stereocenters. The van der Waals surface area contributed by atoms with Gasteiger partial charge in [-0.25, -0.2) is 0 Å². The van der Waals surface area contributed by atoms with Gasteiger partial charge in [0.15, 0.2) is 0 Å². The molecule has 2 aromatic heterocycles. The molecule has 0 amide bonds. The highest BCUT2D eigenvalue weighted by atomic mass is 14.7. The fourth-order valence-corrected chi connectivity index (χ4v) is 2.71. The minimum atomic E-state index is -0.0496. The van der Waals surface area contributed by atoms with Gasteiger partial charge in [0.25, 0.3) is 0 Å². The van der Waals surface area contributed by atoms with Crippen molar-refractivity contribution in [2.45, 2.75) is 44.9 Å². The van der Waals surface area contributed by atoms with E-state index in [1.54, 1.807) is 0 Å². The summed E-state index contributed by atoms with van der Waals surface area (Å²) in [5.74, 6) is 0. The number of nitrogens with zero attached hydrogens (tertiary/aromatic N) is 2. The third-order valence-electron chi connectivity index (χ3n) is 4.69. The highest BCUT2D eigenvalue weighted by Gasteiger charge is 2.43. The Morgan fingerprint density at radius 1 is 1.00 bits per heavy atom. The van der Waals surface area contributed by atoms with Crippen LogP contribution < -0.4 is 0 Å². The molecular weight excluding hydrogens is 232 g/mol. The van der Waals surface area contributed by atoms with E-state index in [9.17, 15) is 0 Å². The van der Waals surface area contributed by atoms with Crippen LogP contribution in [0.1, 0.15) is 45.4 Å². The van der Waals surface area contributed by atoms with E-state index in [-0.39, 0.29) is 10.8 Å². The number of pyridine rings is 2. The second kappa shape index (κ2) is 5.12. The van der Waals surface area contributed by atoms with Gasteiger partial charge in [-0.2, -0.15) is 0 Å². The van der Waals surface area contributed by atoms with Crippen LogP contribution in [0.3, 0.4) is 0 Å². The summed E-state index contributed by atoms with van der Waals surface area (Å²) in [6, 6.07) is 10.3. The lowest BCUT2D eigenvalue weighted by Gasteiger charge is -2.44. The minimum absolute atomic E-state index is 0.00954. The molecule has 0 saturated carbocycles. The van der Waals surface area contributed by atoms with Gasteiger partial charge < -0.3 is 0 Å². The van der Waals surface area contributed by atoms with E-state index in [2.05, 4.69) is 55.9 Å². The van der Waals surface area contributed by atoms with Crippen molar-refractivity contribution in [2.24, 2.45) is 0 Å². The summed E-state index contributed by atoms with van der Waals surface area (Å²) in [7, 11) is 0. The Morgan fingerprint density at radius 2 is 1.79 bits per heavy atom. The molecule has 19 heavy (non-hydrogen) atoms. The maximum atomic E-state index is 4.57. The van der Waals surface area contributed by atoms with Crippen molar-refractivity contribution in [3.05, 3.63) is 60.2 Å². The van der Waals surface area contributed by atoms with Gasteiger partial charge in [0.05, 0.1) is 0 Å². The van der Waals surface area contributed by atoms with E-state index in [0.717, 1.165) is 12.1 Å². The van der Waals surface area contributed by atoms with Crippen LogP contribution in [0.5, 0.6) is 0 Å². The molecule has 0 saturated heterocycles. The summed E-state index contributed by atoms with van der Waals surface area (Å²) in [6.07, 6.45) is 6.72. The largest absolute Gasteiger partial charge is 0.264 e. The predicted octanol–water partition coefficient (Wildman–Crippen LogP) is 4.12. The van der Waals surface area contributed by atoms with Gasteiger partial charge in [-0.1, -0.05) is 39.8 Å². The van der Waals surface area contributed by atoms with Crippen LogP contribution in [-0.2, 0) is 10.8 Å². The van der Waals surface area contributed by atoms with Gasteiger partial charge >= 0.3 is 0 Å². The maximum absolute atomic E-state index is 4.57. The molecule has 0 aliphatic rings. The Morgan fingerprint density at radius 3 is 2.32 bits per heavy atom. The van der Waals surface area contributed by atoms with Crippen molar-refractivity contribution in [3.63, 3.8) is 0 Å². The molecule has 0 N–H and O–H groups in total. The summed E-state index contributed by atoms with van der Waals surface area (Å²) in [5, 5.41) is 0. The third kappa shape index (κ3) is 2.27. The molecule has 2 aromatic rings. The molecule has 2 rings (SSSR count). The topological polar surface area (TPSA) is 25.8 Å². The van der Waals surface area contributed by atoms with Gasteiger partial charge in [-0.05, 0) is 30.2 Å². The quantitative estimate of drug-likeness (QED) is 0.820. The van der Waals surface area contributed by atoms with E-state index in [1.165, 1.54) is 5.56 Å². The molecule has 1 unspecified atom stereocenters. The first-order valence-corrected chi connectivity index (χ1v) is 6.84. The Labute approximate surface area is 115 Å². The Balaban J connectivity index is 2.52. The first-order chi connectivity index (χ1) is 9.02. The van der Waals surface area contributed by atoms with E-state index >= 15 is 0 Å². The van der Waals surface area contributed by atoms with Crippen molar-refractivity contribution in [1.29, 1.82) is 0 Å². The molecule has 0 aromatic carbocycles. The molecule has 0 bridgehead atoms. The zero-order chi connectivity index (χ0) is 13.9. The lowest BCUT2D eigenvalue weighted by atomic mass is 9.60. The van der Waals surface area contributed by atoms with Crippen LogP contribution in [0.25, 0.3) is 0 Å². The summed E-state index contributed by atoms with van der Waals surface area (Å²) in [6.45, 7) is 9.08. The van der Waals surface area contributed by atoms with Crippen LogP contribution in [0.15, 0.2) is 48.9 Å². The Kier molecular flexibility index (Phi) is 3.70. The van der Waals surface area contributed by atoms with Crippen LogP contribution in [0, 0.1) is 0 Å². The third-order valence-corrected chi connectivity index (χ3v) is 4.69. The molecule has 2 nitrogen and oxygen atoms in total. The minimum Gasteiger partial charge on any atom is -0.264 e. The Hall–Kier alpha value is -1.70. The van der Waals surface area contributed by atoms with Crippen molar-refractivity contribution >= 4 is 0 Å². The van der Waals surface area contributed by atoms with E-state index in [4.69, 9.17) is 0 Å². The van der Waals surface area contributed by atoms with Crippen LogP contribution in [0.2, 0.25) is 0 Å². The van der Waals surface area contributed by atoms with Gasteiger partial charge in [0, 0.05) is 35.1 Å². The van der Waals surface area contributed by atoms with Crippen LogP contribution in [0.4, 0.5) is 0 Å². The molecular formula is C17H22N2. The predicted molar refractivity (Wildman–Crippen MR) is 79.1 cm³/mol. The maximum Gasteiger partial charge on any atom is 0.0468 e. The van der Waals surface area contributed by atoms with Crippen molar-refractivity contribution < 1.29 is 0 Å². The molecule has 2 heteroatoms. The molecule has 2 heterocycles. The summed E-state index contributed by atoms with van der Waals surface area (Å²) < 4.78 is 0. The molecule has 0 aliphatic carbocycles. The first kappa shape index (κ1) is 13.7. The molecule has 0 fully saturated rings. The van der Waals surface area contributed by atoms with Crippen molar-refractivity contribution in [1.82, 2.24) is 9.97 Å². The fraction of sp³-hybridized carbons (Fsp3) is 0.412. The van der Waals surface area contributed by atoms with Crippen LogP contribution in [-0.4, -0.2) is 9.97 Å². The Bertz CT molecular complexity index is 519. The van der Waals surface area contributed by atoms with Crippen molar-refractivity contribution in [3.8, 4) is 0 Å². The fourth-order valence-electron chi connectivity index (χ4n) is 2.71. The zero-order valence-electron chi connectivity index (χ0n) is 12.2. The SMILES string of the molecule is CCC(C)(c1cccnc1)C(C)(C)c1ccccn1. The van der Waals surface area contributed by atoms with Gasteiger partial charge in [-0.15, -0.1) is 0 Å². The first-order valence-electron chi connectivity index (χ1n) is 6.84. The van der Waals surface area contributed by atoms with E-state index < -0.39 is 0 Å². The number of rotatable bonds is 4. The van der Waals surface area contributed by atoms with E-state index in [1.807, 2.05) is 30.7 Å². The van der Waals surface area contributed by atoms with Gasteiger partial charge in [-0.3, -0.25) is 9.97 Å². The summed E-state index contributed by atoms with van der Waals surface area (Å²) >= 11 is 0. The molecule has 0 aliphatic heterocycles. The number of aromatic nitrogens is 2. The summed E-state index contributed by atoms with van der Waals surface area (Å²) in [4.78, 5) is 8.86. The van der Waals surface area contributed by atoms with Gasteiger partial charge in [0.1, 0.15) is 0 Å². The zero-order valence-corrected chi connectivity index (χ0v) is 12.2. The lowest BCUT2D eigenvalue weighted by Crippen LogP contribution is -2.43. The second-order valence-corrected chi connectivity index (χ2v) is 5.77.